The van der Waals surface area contributed by atoms with E-state index >= 15 is 0 Å². The quantitative estimate of drug-likeness (QED) is 0.685. The van der Waals surface area contributed by atoms with Gasteiger partial charge in [0.1, 0.15) is 11.7 Å². The molecule has 7 heteroatoms. The van der Waals surface area contributed by atoms with Crippen molar-refractivity contribution in [3.8, 4) is 0 Å². The first-order valence-electron chi connectivity index (χ1n) is 6.44. The van der Waals surface area contributed by atoms with Crippen LogP contribution in [-0.4, -0.2) is 28.6 Å². The number of nitrogens with zero attached hydrogens (tertiary/aromatic N) is 2. The van der Waals surface area contributed by atoms with Crippen LogP contribution in [0.3, 0.4) is 0 Å². The van der Waals surface area contributed by atoms with Gasteiger partial charge in [0.2, 0.25) is 0 Å². The number of halogens is 1. The van der Waals surface area contributed by atoms with E-state index in [-0.39, 0.29) is 10.7 Å². The van der Waals surface area contributed by atoms with E-state index in [1.165, 1.54) is 12.1 Å². The average Bonchev–Trinajstić information content (AvgIpc) is 2.64. The van der Waals surface area contributed by atoms with E-state index in [4.69, 9.17) is 11.6 Å². The molecule has 6 nitrogen and oxygen atoms in total. The van der Waals surface area contributed by atoms with Gasteiger partial charge >= 0.3 is 5.97 Å². The molecule has 1 aromatic rings. The fourth-order valence-corrected chi connectivity index (χ4v) is 2.71. The number of anilines is 1. The molecule has 0 aromatic heterocycles. The minimum atomic E-state index is -0.948. The van der Waals surface area contributed by atoms with Gasteiger partial charge in [-0.15, -0.1) is 0 Å². The Bertz CT molecular complexity index is 535. The molecule has 1 heterocycles. The van der Waals surface area contributed by atoms with Gasteiger partial charge in [-0.1, -0.05) is 24.4 Å². The molecule has 0 aliphatic carbocycles. The lowest BCUT2D eigenvalue weighted by molar-refractivity contribution is -0.384. The molecular weight excluding hydrogens is 284 g/mol. The van der Waals surface area contributed by atoms with Gasteiger partial charge in [-0.25, -0.2) is 4.79 Å². The van der Waals surface area contributed by atoms with Crippen molar-refractivity contribution in [1.29, 1.82) is 0 Å². The van der Waals surface area contributed by atoms with Crippen LogP contribution in [0.5, 0.6) is 0 Å². The highest BCUT2D eigenvalue weighted by molar-refractivity contribution is 6.30. The van der Waals surface area contributed by atoms with Gasteiger partial charge in [-0.3, -0.25) is 10.1 Å². The second kappa shape index (κ2) is 6.09. The Morgan fingerprint density at radius 1 is 1.40 bits per heavy atom. The zero-order valence-corrected chi connectivity index (χ0v) is 11.5. The molecule has 1 N–H and O–H groups in total. The summed E-state index contributed by atoms with van der Waals surface area (Å²) in [6.07, 6.45) is 3.06. The highest BCUT2D eigenvalue weighted by Gasteiger charge is 2.31. The molecular formula is C13H15ClN2O4. The molecule has 1 atom stereocenters. The van der Waals surface area contributed by atoms with Gasteiger partial charge in [0, 0.05) is 17.6 Å². The summed E-state index contributed by atoms with van der Waals surface area (Å²) < 4.78 is 0. The second-order valence-corrected chi connectivity index (χ2v) is 5.22. The number of rotatable bonds is 3. The van der Waals surface area contributed by atoms with Crippen LogP contribution in [0.1, 0.15) is 25.7 Å². The van der Waals surface area contributed by atoms with Crippen LogP contribution in [0.2, 0.25) is 5.02 Å². The third kappa shape index (κ3) is 3.01. The molecule has 2 rings (SSSR count). The molecule has 0 amide bonds. The van der Waals surface area contributed by atoms with Crippen molar-refractivity contribution in [3.63, 3.8) is 0 Å². The summed E-state index contributed by atoms with van der Waals surface area (Å²) in [4.78, 5) is 23.6. The van der Waals surface area contributed by atoms with Crippen LogP contribution in [-0.2, 0) is 4.79 Å². The molecule has 0 spiro atoms. The standard InChI is InChI=1S/C13H15ClN2O4/c14-9-5-6-10(12(8-9)16(19)20)15-7-3-1-2-4-11(15)13(17)18/h5-6,8,11H,1-4,7H2,(H,17,18). The number of carboxylic acids is 1. The third-order valence-corrected chi connectivity index (χ3v) is 3.72. The average molecular weight is 299 g/mol. The number of hydrogen-bond acceptors (Lipinski definition) is 4. The molecule has 0 radical (unpaired) electrons. The molecule has 1 unspecified atom stereocenters. The van der Waals surface area contributed by atoms with Crippen molar-refractivity contribution in [1.82, 2.24) is 0 Å². The monoisotopic (exact) mass is 298 g/mol. The van der Waals surface area contributed by atoms with Gasteiger partial charge < -0.3 is 10.0 Å². The Labute approximate surface area is 121 Å². The van der Waals surface area contributed by atoms with Gasteiger partial charge in [0.25, 0.3) is 5.69 Å². The summed E-state index contributed by atoms with van der Waals surface area (Å²) in [5.74, 6) is -0.948. The molecule has 1 saturated heterocycles. The fourth-order valence-electron chi connectivity index (χ4n) is 2.54. The van der Waals surface area contributed by atoms with Gasteiger partial charge in [-0.05, 0) is 25.0 Å². The number of benzene rings is 1. The number of nitro groups is 1. The van der Waals surface area contributed by atoms with E-state index in [2.05, 4.69) is 0 Å². The fraction of sp³-hybridized carbons (Fsp3) is 0.462. The molecule has 20 heavy (non-hydrogen) atoms. The minimum absolute atomic E-state index is 0.148. The Balaban J connectivity index is 2.46. The van der Waals surface area contributed by atoms with Gasteiger partial charge in [-0.2, -0.15) is 0 Å². The van der Waals surface area contributed by atoms with E-state index in [1.807, 2.05) is 0 Å². The summed E-state index contributed by atoms with van der Waals surface area (Å²) in [5, 5.41) is 20.8. The molecule has 108 valence electrons. The Morgan fingerprint density at radius 2 is 2.15 bits per heavy atom. The van der Waals surface area contributed by atoms with Gasteiger partial charge in [0.15, 0.2) is 0 Å². The predicted octanol–water partition coefficient (Wildman–Crippen LogP) is 3.08. The van der Waals surface area contributed by atoms with Crippen molar-refractivity contribution >= 4 is 28.9 Å². The number of aliphatic carboxylic acids is 1. The molecule has 0 saturated carbocycles. The first-order chi connectivity index (χ1) is 9.50. The van der Waals surface area contributed by atoms with Crippen LogP contribution in [0, 0.1) is 10.1 Å². The van der Waals surface area contributed by atoms with E-state index in [1.54, 1.807) is 11.0 Å². The third-order valence-electron chi connectivity index (χ3n) is 3.48. The lowest BCUT2D eigenvalue weighted by Crippen LogP contribution is -2.41. The van der Waals surface area contributed by atoms with Crippen LogP contribution < -0.4 is 4.90 Å². The van der Waals surface area contributed by atoms with Crippen LogP contribution >= 0.6 is 11.6 Å². The van der Waals surface area contributed by atoms with Crippen molar-refractivity contribution < 1.29 is 14.8 Å². The van der Waals surface area contributed by atoms with E-state index < -0.39 is 16.9 Å². The Kier molecular flexibility index (Phi) is 4.44. The molecule has 0 bridgehead atoms. The predicted molar refractivity (Wildman–Crippen MR) is 75.3 cm³/mol. The maximum atomic E-state index is 11.4. The van der Waals surface area contributed by atoms with Crippen LogP contribution in [0.15, 0.2) is 18.2 Å². The van der Waals surface area contributed by atoms with Crippen molar-refractivity contribution in [2.45, 2.75) is 31.7 Å². The SMILES string of the molecule is O=C(O)C1CCCCCN1c1ccc(Cl)cc1[N+](=O)[O-]. The summed E-state index contributed by atoms with van der Waals surface area (Å²) in [7, 11) is 0. The van der Waals surface area contributed by atoms with E-state index in [0.29, 0.717) is 18.7 Å². The number of carbonyl (C=O) groups is 1. The maximum Gasteiger partial charge on any atom is 0.326 e. The van der Waals surface area contributed by atoms with Crippen molar-refractivity contribution in [2.24, 2.45) is 0 Å². The highest BCUT2D eigenvalue weighted by atomic mass is 35.5. The molecule has 1 aromatic carbocycles. The van der Waals surface area contributed by atoms with E-state index in [9.17, 15) is 20.0 Å². The minimum Gasteiger partial charge on any atom is -0.480 e. The zero-order chi connectivity index (χ0) is 14.7. The van der Waals surface area contributed by atoms with Crippen molar-refractivity contribution in [3.05, 3.63) is 33.3 Å². The first kappa shape index (κ1) is 14.6. The molecule has 1 aliphatic heterocycles. The summed E-state index contributed by atoms with van der Waals surface area (Å²) in [6.45, 7) is 0.499. The van der Waals surface area contributed by atoms with Crippen molar-refractivity contribution in [2.75, 3.05) is 11.4 Å². The lowest BCUT2D eigenvalue weighted by atomic mass is 10.1. The largest absolute Gasteiger partial charge is 0.480 e. The Hall–Kier alpha value is -1.82. The van der Waals surface area contributed by atoms with Gasteiger partial charge in [0.05, 0.1) is 4.92 Å². The summed E-state index contributed by atoms with van der Waals surface area (Å²) in [6, 6.07) is 3.62. The van der Waals surface area contributed by atoms with E-state index in [0.717, 1.165) is 19.3 Å². The topological polar surface area (TPSA) is 83.7 Å². The Morgan fingerprint density at radius 3 is 2.80 bits per heavy atom. The molecule has 1 fully saturated rings. The number of hydrogen-bond donors (Lipinski definition) is 1. The number of carboxylic acid groups (broad SMARTS) is 1. The van der Waals surface area contributed by atoms with Crippen LogP contribution in [0.25, 0.3) is 0 Å². The smallest absolute Gasteiger partial charge is 0.326 e. The molecule has 1 aliphatic rings. The summed E-state index contributed by atoms with van der Waals surface area (Å²) in [5.41, 5.74) is 0.180. The highest BCUT2D eigenvalue weighted by Crippen LogP contribution is 2.34. The maximum absolute atomic E-state index is 11.4. The lowest BCUT2D eigenvalue weighted by Gasteiger charge is -2.28. The zero-order valence-electron chi connectivity index (χ0n) is 10.8. The normalized spacial score (nSPS) is 19.4. The summed E-state index contributed by atoms with van der Waals surface area (Å²) >= 11 is 5.79. The van der Waals surface area contributed by atoms with Crippen LogP contribution in [0.4, 0.5) is 11.4 Å². The number of nitro benzene ring substituents is 1. The first-order valence-corrected chi connectivity index (χ1v) is 6.82. The second-order valence-electron chi connectivity index (χ2n) is 4.79.